The summed E-state index contributed by atoms with van der Waals surface area (Å²) in [5.74, 6) is 0.885. The predicted octanol–water partition coefficient (Wildman–Crippen LogP) is 5.97. The lowest BCUT2D eigenvalue weighted by atomic mass is 9.79. The van der Waals surface area contributed by atoms with Crippen LogP contribution in [0.4, 0.5) is 11.9 Å². The highest BCUT2D eigenvalue weighted by Crippen LogP contribution is 2.36. The zero-order chi connectivity index (χ0) is 36.5. The molecular formula is C37H67N7O5. The number of esters is 2. The summed E-state index contributed by atoms with van der Waals surface area (Å²) in [5, 5.41) is 7.63. The van der Waals surface area contributed by atoms with Gasteiger partial charge in [-0.2, -0.15) is 15.0 Å². The van der Waals surface area contributed by atoms with Gasteiger partial charge in [0, 0.05) is 60.2 Å². The van der Waals surface area contributed by atoms with E-state index in [1.54, 1.807) is 0 Å². The first-order valence-corrected chi connectivity index (χ1v) is 18.7. The van der Waals surface area contributed by atoms with Gasteiger partial charge in [0.15, 0.2) is 0 Å². The van der Waals surface area contributed by atoms with Gasteiger partial charge in [0.25, 0.3) is 0 Å². The summed E-state index contributed by atoms with van der Waals surface area (Å²) >= 11 is 0. The number of nitrogens with one attached hydrogen (secondary N) is 2. The number of aromatic nitrogens is 3. The summed E-state index contributed by atoms with van der Waals surface area (Å²) in [6, 6.07) is 0.636. The number of anilines is 2. The fourth-order valence-electron chi connectivity index (χ4n) is 8.22. The quantitative estimate of drug-likeness (QED) is 0.139. The summed E-state index contributed by atoms with van der Waals surface area (Å²) in [4.78, 5) is 44.1. The van der Waals surface area contributed by atoms with Crippen LogP contribution in [-0.4, -0.2) is 94.0 Å². The van der Waals surface area contributed by atoms with Gasteiger partial charge in [-0.3, -0.25) is 9.59 Å². The Hall–Kier alpha value is -2.73. The lowest BCUT2D eigenvalue weighted by molar-refractivity contribution is -0.144. The molecule has 2 aliphatic rings. The molecule has 49 heavy (non-hydrogen) atoms. The van der Waals surface area contributed by atoms with Gasteiger partial charge in [-0.1, -0.05) is 0 Å². The Morgan fingerprint density at radius 2 is 0.980 bits per heavy atom. The Morgan fingerprint density at radius 1 is 0.612 bits per heavy atom. The number of hydrogen-bond donors (Lipinski definition) is 2. The molecule has 0 spiro atoms. The van der Waals surface area contributed by atoms with Crippen molar-refractivity contribution >= 4 is 23.8 Å². The molecule has 3 rings (SSSR count). The van der Waals surface area contributed by atoms with E-state index in [1.165, 1.54) is 0 Å². The summed E-state index contributed by atoms with van der Waals surface area (Å²) in [7, 11) is 0. The fourth-order valence-corrected chi connectivity index (χ4v) is 8.22. The van der Waals surface area contributed by atoms with Crippen LogP contribution in [0.1, 0.15) is 140 Å². The number of nitrogens with zero attached hydrogens (tertiary/aromatic N) is 5. The fraction of sp³-hybridized carbons (Fsp3) is 0.865. The molecule has 3 heterocycles. The van der Waals surface area contributed by atoms with Crippen LogP contribution in [0.2, 0.25) is 0 Å². The maximum atomic E-state index is 12.2. The average molecular weight is 690 g/mol. The minimum absolute atomic E-state index is 0.0918. The molecule has 0 bridgehead atoms. The molecule has 0 unspecified atom stereocenters. The molecular weight excluding hydrogens is 622 g/mol. The molecule has 0 aliphatic carbocycles. The van der Waals surface area contributed by atoms with Crippen LogP contribution < -0.4 is 25.2 Å². The average Bonchev–Trinajstić information content (AvgIpc) is 2.94. The molecule has 2 fully saturated rings. The van der Waals surface area contributed by atoms with E-state index in [0.29, 0.717) is 63.7 Å². The first kappa shape index (κ1) is 40.7. The van der Waals surface area contributed by atoms with Crippen molar-refractivity contribution in [3.63, 3.8) is 0 Å². The van der Waals surface area contributed by atoms with Gasteiger partial charge in [-0.25, -0.2) is 0 Å². The molecule has 2 saturated heterocycles. The van der Waals surface area contributed by atoms with E-state index in [0.717, 1.165) is 51.4 Å². The number of carbonyl (C=O) groups is 2. The first-order valence-electron chi connectivity index (χ1n) is 18.7. The van der Waals surface area contributed by atoms with Crippen molar-refractivity contribution in [1.29, 1.82) is 0 Å². The van der Waals surface area contributed by atoms with E-state index in [2.05, 4.69) is 75.8 Å². The second kappa shape index (κ2) is 17.5. The van der Waals surface area contributed by atoms with Crippen molar-refractivity contribution < 1.29 is 23.8 Å². The molecule has 280 valence electrons. The lowest BCUT2D eigenvalue weighted by Crippen LogP contribution is -2.63. The highest BCUT2D eigenvalue weighted by molar-refractivity contribution is 5.69. The Labute approximate surface area is 296 Å². The van der Waals surface area contributed by atoms with Crippen LogP contribution >= 0.6 is 0 Å². The second-order valence-electron chi connectivity index (χ2n) is 16.5. The normalized spacial score (nSPS) is 20.0. The SMILES string of the molecule is CCOC(=O)CCCCN(c1nc(OCC)nc(N(CCCCC(=O)OCC)C2CC(C)(C)NC(C)(C)C2)n1)C1CC(C)(C)NC(C)(C)C1. The number of piperidine rings is 2. The first-order chi connectivity index (χ1) is 22.9. The zero-order valence-corrected chi connectivity index (χ0v) is 32.5. The molecule has 0 atom stereocenters. The van der Waals surface area contributed by atoms with Crippen molar-refractivity contribution in [2.75, 3.05) is 42.7 Å². The number of unbranched alkanes of at least 4 members (excludes halogenated alkanes) is 2. The highest BCUT2D eigenvalue weighted by atomic mass is 16.5. The van der Waals surface area contributed by atoms with E-state index in [1.807, 2.05) is 20.8 Å². The third-order valence-electron chi connectivity index (χ3n) is 9.27. The van der Waals surface area contributed by atoms with Gasteiger partial charge in [0.2, 0.25) is 11.9 Å². The Morgan fingerprint density at radius 3 is 1.31 bits per heavy atom. The number of carbonyl (C=O) groups excluding carboxylic acids is 2. The highest BCUT2D eigenvalue weighted by Gasteiger charge is 2.43. The maximum absolute atomic E-state index is 12.2. The van der Waals surface area contributed by atoms with Crippen LogP contribution in [-0.2, 0) is 19.1 Å². The van der Waals surface area contributed by atoms with Crippen molar-refractivity contribution in [3.05, 3.63) is 0 Å². The molecule has 12 heteroatoms. The molecule has 0 aromatic carbocycles. The standard InChI is InChI=1S/C37H67N7O5/c1-12-47-29(45)19-15-17-21-43(27-23-34(4,5)41-35(6,7)24-27)31-38-32(40-33(39-31)49-14-3)44(22-18-16-20-30(46)48-13-2)28-25-36(8,9)42-37(10,11)26-28/h27-28,41-42H,12-26H2,1-11H3. The largest absolute Gasteiger partial charge is 0.466 e. The summed E-state index contributed by atoms with van der Waals surface area (Å²) in [6.45, 7) is 26.2. The maximum Gasteiger partial charge on any atom is 0.323 e. The Bertz CT molecular complexity index is 1100. The van der Waals surface area contributed by atoms with Crippen molar-refractivity contribution in [2.24, 2.45) is 0 Å². The van der Waals surface area contributed by atoms with Crippen molar-refractivity contribution in [2.45, 2.75) is 175 Å². The summed E-state index contributed by atoms with van der Waals surface area (Å²) in [6.07, 6.45) is 7.44. The van der Waals surface area contributed by atoms with Gasteiger partial charge < -0.3 is 34.6 Å². The molecule has 0 amide bonds. The van der Waals surface area contributed by atoms with E-state index in [4.69, 9.17) is 29.2 Å². The number of hydrogen-bond acceptors (Lipinski definition) is 12. The second-order valence-corrected chi connectivity index (χ2v) is 16.5. The van der Waals surface area contributed by atoms with Crippen LogP contribution in [0.15, 0.2) is 0 Å². The number of rotatable bonds is 18. The van der Waals surface area contributed by atoms with E-state index in [9.17, 15) is 9.59 Å². The van der Waals surface area contributed by atoms with Crippen molar-refractivity contribution in [1.82, 2.24) is 25.6 Å². The van der Waals surface area contributed by atoms with Gasteiger partial charge in [0.05, 0.1) is 19.8 Å². The Balaban J connectivity index is 2.05. The van der Waals surface area contributed by atoms with E-state index < -0.39 is 0 Å². The topological polar surface area (TPSA) is 131 Å². The smallest absolute Gasteiger partial charge is 0.323 e. The van der Waals surface area contributed by atoms with E-state index in [-0.39, 0.29) is 46.2 Å². The van der Waals surface area contributed by atoms with Crippen LogP contribution in [0, 0.1) is 0 Å². The van der Waals surface area contributed by atoms with Gasteiger partial charge in [-0.15, -0.1) is 0 Å². The Kier molecular flexibility index (Phi) is 14.5. The van der Waals surface area contributed by atoms with Crippen molar-refractivity contribution in [3.8, 4) is 6.01 Å². The van der Waals surface area contributed by atoms with Gasteiger partial charge in [0.1, 0.15) is 0 Å². The van der Waals surface area contributed by atoms with Crippen LogP contribution in [0.3, 0.4) is 0 Å². The molecule has 2 aliphatic heterocycles. The van der Waals surface area contributed by atoms with Gasteiger partial charge >= 0.3 is 17.9 Å². The molecule has 0 radical (unpaired) electrons. The monoisotopic (exact) mass is 690 g/mol. The molecule has 12 nitrogen and oxygen atoms in total. The third kappa shape index (κ3) is 13.2. The molecule has 1 aromatic rings. The summed E-state index contributed by atoms with van der Waals surface area (Å²) < 4.78 is 16.4. The zero-order valence-electron chi connectivity index (χ0n) is 32.5. The molecule has 1 aromatic heterocycles. The summed E-state index contributed by atoms with van der Waals surface area (Å²) in [5.41, 5.74) is -0.367. The third-order valence-corrected chi connectivity index (χ3v) is 9.27. The van der Waals surface area contributed by atoms with Crippen LogP contribution in [0.5, 0.6) is 6.01 Å². The van der Waals surface area contributed by atoms with Gasteiger partial charge in [-0.05, 0) is 128 Å². The minimum atomic E-state index is -0.161. The molecule has 0 saturated carbocycles. The van der Waals surface area contributed by atoms with Crippen LogP contribution in [0.25, 0.3) is 0 Å². The molecule has 2 N–H and O–H groups in total. The lowest BCUT2D eigenvalue weighted by Gasteiger charge is -2.50. The minimum Gasteiger partial charge on any atom is -0.466 e. The predicted molar refractivity (Wildman–Crippen MR) is 195 cm³/mol. The van der Waals surface area contributed by atoms with E-state index >= 15 is 0 Å². The number of ether oxygens (including phenoxy) is 3.